The fourth-order valence-corrected chi connectivity index (χ4v) is 1.25. The SMILES string of the molecule is O=CN1CCN(C(F)C(F)F)CC1. The molecule has 0 saturated carbocycles. The molecule has 6 heteroatoms. The molecule has 0 aromatic heterocycles. The van der Waals surface area contributed by atoms with Gasteiger partial charge in [0.1, 0.15) is 0 Å². The number of nitrogens with zero attached hydrogens (tertiary/aromatic N) is 2. The molecule has 1 amide bonds. The number of alkyl halides is 3. The van der Waals surface area contributed by atoms with Crippen LogP contribution in [0.15, 0.2) is 0 Å². The van der Waals surface area contributed by atoms with Gasteiger partial charge in [-0.3, -0.25) is 9.69 Å². The summed E-state index contributed by atoms with van der Waals surface area (Å²) in [5, 5.41) is 0. The van der Waals surface area contributed by atoms with Crippen molar-refractivity contribution in [3.05, 3.63) is 0 Å². The maximum atomic E-state index is 12.7. The zero-order chi connectivity index (χ0) is 9.84. The van der Waals surface area contributed by atoms with Gasteiger partial charge in [0, 0.05) is 26.2 Å². The topological polar surface area (TPSA) is 23.6 Å². The van der Waals surface area contributed by atoms with E-state index in [1.54, 1.807) is 0 Å². The van der Waals surface area contributed by atoms with Gasteiger partial charge in [0.15, 0.2) is 0 Å². The van der Waals surface area contributed by atoms with Crippen LogP contribution in [0.3, 0.4) is 0 Å². The summed E-state index contributed by atoms with van der Waals surface area (Å²) in [6.45, 7) is 0.974. The highest BCUT2D eigenvalue weighted by Crippen LogP contribution is 2.13. The van der Waals surface area contributed by atoms with Crippen LogP contribution in [0.2, 0.25) is 0 Å². The van der Waals surface area contributed by atoms with Crippen molar-refractivity contribution in [1.82, 2.24) is 9.80 Å². The first kappa shape index (κ1) is 10.3. The number of hydrogen-bond donors (Lipinski definition) is 0. The number of carbonyl (C=O) groups is 1. The fraction of sp³-hybridized carbons (Fsp3) is 0.857. The van der Waals surface area contributed by atoms with Crippen molar-refractivity contribution < 1.29 is 18.0 Å². The van der Waals surface area contributed by atoms with Crippen molar-refractivity contribution in [2.45, 2.75) is 12.7 Å². The Labute approximate surface area is 74.1 Å². The molecule has 0 aromatic carbocycles. The molecule has 1 saturated heterocycles. The highest BCUT2D eigenvalue weighted by molar-refractivity contribution is 5.47. The first-order valence-electron chi connectivity index (χ1n) is 4.00. The molecule has 0 aromatic rings. The minimum Gasteiger partial charge on any atom is -0.343 e. The molecule has 1 atom stereocenters. The minimum atomic E-state index is -2.97. The summed E-state index contributed by atoms with van der Waals surface area (Å²) in [7, 11) is 0. The molecule has 0 spiro atoms. The number of halogens is 3. The summed E-state index contributed by atoms with van der Waals surface area (Å²) < 4.78 is 36.5. The van der Waals surface area contributed by atoms with E-state index in [4.69, 9.17) is 0 Å². The molecule has 76 valence electrons. The Bertz CT molecular complexity index is 171. The first-order chi connectivity index (χ1) is 6.15. The van der Waals surface area contributed by atoms with Gasteiger partial charge in [-0.15, -0.1) is 0 Å². The van der Waals surface area contributed by atoms with Crippen molar-refractivity contribution in [2.24, 2.45) is 0 Å². The van der Waals surface area contributed by atoms with Crippen molar-refractivity contribution in [1.29, 1.82) is 0 Å². The van der Waals surface area contributed by atoms with Crippen LogP contribution < -0.4 is 0 Å². The molecular formula is C7H11F3N2O. The van der Waals surface area contributed by atoms with E-state index in [1.807, 2.05) is 0 Å². The Hall–Kier alpha value is -0.780. The number of hydrogen-bond acceptors (Lipinski definition) is 2. The summed E-state index contributed by atoms with van der Waals surface area (Å²) in [5.41, 5.74) is 0. The highest BCUT2D eigenvalue weighted by atomic mass is 19.3. The Balaban J connectivity index is 2.36. The van der Waals surface area contributed by atoms with E-state index in [-0.39, 0.29) is 13.1 Å². The van der Waals surface area contributed by atoms with Gasteiger partial charge in [0.2, 0.25) is 12.7 Å². The lowest BCUT2D eigenvalue weighted by Gasteiger charge is -2.33. The van der Waals surface area contributed by atoms with Crippen LogP contribution in [-0.4, -0.2) is 55.1 Å². The van der Waals surface area contributed by atoms with Gasteiger partial charge >= 0.3 is 0 Å². The largest absolute Gasteiger partial charge is 0.343 e. The van der Waals surface area contributed by atoms with Gasteiger partial charge in [-0.05, 0) is 0 Å². The lowest BCUT2D eigenvalue weighted by Crippen LogP contribution is -2.50. The number of rotatable bonds is 3. The molecule has 0 N–H and O–H groups in total. The standard InChI is InChI=1S/C7H11F3N2O/c8-6(9)7(10)12-3-1-11(5-13)2-4-12/h5-7H,1-4H2. The van der Waals surface area contributed by atoms with E-state index in [0.717, 1.165) is 4.90 Å². The fourth-order valence-electron chi connectivity index (χ4n) is 1.25. The molecule has 0 bridgehead atoms. The Morgan fingerprint density at radius 1 is 1.08 bits per heavy atom. The van der Waals surface area contributed by atoms with Gasteiger partial charge in [0.05, 0.1) is 0 Å². The van der Waals surface area contributed by atoms with Gasteiger partial charge in [0.25, 0.3) is 6.43 Å². The van der Waals surface area contributed by atoms with Crippen LogP contribution in [0.4, 0.5) is 13.2 Å². The number of carbonyl (C=O) groups excluding carboxylic acids is 1. The monoisotopic (exact) mass is 196 g/mol. The Kier molecular flexibility index (Phi) is 3.53. The van der Waals surface area contributed by atoms with Crippen LogP contribution >= 0.6 is 0 Å². The predicted octanol–water partition coefficient (Wildman–Crippen LogP) is 0.321. The lowest BCUT2D eigenvalue weighted by atomic mass is 10.3. The molecule has 3 nitrogen and oxygen atoms in total. The molecule has 1 unspecified atom stereocenters. The van der Waals surface area contributed by atoms with Crippen molar-refractivity contribution in [2.75, 3.05) is 26.2 Å². The molecule has 1 rings (SSSR count). The molecule has 1 aliphatic heterocycles. The van der Waals surface area contributed by atoms with Crippen LogP contribution in [0.1, 0.15) is 0 Å². The predicted molar refractivity (Wildman–Crippen MR) is 40.1 cm³/mol. The summed E-state index contributed by atoms with van der Waals surface area (Å²) in [6, 6.07) is 0. The maximum Gasteiger partial charge on any atom is 0.282 e. The summed E-state index contributed by atoms with van der Waals surface area (Å²) >= 11 is 0. The van der Waals surface area contributed by atoms with E-state index in [2.05, 4.69) is 0 Å². The van der Waals surface area contributed by atoms with E-state index in [9.17, 15) is 18.0 Å². The van der Waals surface area contributed by atoms with Crippen molar-refractivity contribution >= 4 is 6.41 Å². The van der Waals surface area contributed by atoms with Gasteiger partial charge in [-0.25, -0.2) is 13.2 Å². The molecular weight excluding hydrogens is 185 g/mol. The van der Waals surface area contributed by atoms with E-state index >= 15 is 0 Å². The molecule has 1 aliphatic rings. The zero-order valence-electron chi connectivity index (χ0n) is 7.00. The average molecular weight is 196 g/mol. The summed E-state index contributed by atoms with van der Waals surface area (Å²) in [4.78, 5) is 12.7. The molecule has 1 fully saturated rings. The van der Waals surface area contributed by atoms with Crippen LogP contribution in [-0.2, 0) is 4.79 Å². The maximum absolute atomic E-state index is 12.7. The van der Waals surface area contributed by atoms with E-state index in [1.165, 1.54) is 4.90 Å². The zero-order valence-corrected chi connectivity index (χ0v) is 7.00. The van der Waals surface area contributed by atoms with E-state index in [0.29, 0.717) is 19.5 Å². The normalized spacial score (nSPS) is 22.0. The summed E-state index contributed by atoms with van der Waals surface area (Å²) in [5.74, 6) is 0. The molecule has 1 heterocycles. The quantitative estimate of drug-likeness (QED) is 0.479. The van der Waals surface area contributed by atoms with Crippen LogP contribution in [0.25, 0.3) is 0 Å². The Morgan fingerprint density at radius 3 is 2.00 bits per heavy atom. The third-order valence-corrected chi connectivity index (χ3v) is 2.05. The molecule has 0 radical (unpaired) electrons. The first-order valence-corrected chi connectivity index (χ1v) is 4.00. The molecule has 13 heavy (non-hydrogen) atoms. The second kappa shape index (κ2) is 4.45. The third-order valence-electron chi connectivity index (χ3n) is 2.05. The minimum absolute atomic E-state index is 0.171. The van der Waals surface area contributed by atoms with Crippen LogP contribution in [0.5, 0.6) is 0 Å². The average Bonchev–Trinajstić information content (AvgIpc) is 2.17. The number of piperazine rings is 1. The highest BCUT2D eigenvalue weighted by Gasteiger charge is 2.29. The summed E-state index contributed by atoms with van der Waals surface area (Å²) in [6.07, 6.45) is -4.52. The van der Waals surface area contributed by atoms with Crippen molar-refractivity contribution in [3.63, 3.8) is 0 Å². The second-order valence-corrected chi connectivity index (χ2v) is 2.88. The molecule has 0 aliphatic carbocycles. The lowest BCUT2D eigenvalue weighted by molar-refractivity contribution is -0.122. The van der Waals surface area contributed by atoms with Gasteiger partial charge in [-0.1, -0.05) is 0 Å². The Morgan fingerprint density at radius 2 is 1.62 bits per heavy atom. The van der Waals surface area contributed by atoms with Gasteiger partial charge in [-0.2, -0.15) is 0 Å². The third kappa shape index (κ3) is 2.58. The van der Waals surface area contributed by atoms with Gasteiger partial charge < -0.3 is 4.90 Å². The number of amides is 1. The van der Waals surface area contributed by atoms with Crippen LogP contribution in [0, 0.1) is 0 Å². The van der Waals surface area contributed by atoms with Crippen molar-refractivity contribution in [3.8, 4) is 0 Å². The second-order valence-electron chi connectivity index (χ2n) is 2.88. The van der Waals surface area contributed by atoms with E-state index < -0.39 is 12.7 Å². The smallest absolute Gasteiger partial charge is 0.282 e.